The molecule has 0 fully saturated rings. The number of hydrogen-bond acceptors (Lipinski definition) is 7. The highest BCUT2D eigenvalue weighted by Gasteiger charge is 2.13. The van der Waals surface area contributed by atoms with Gasteiger partial charge in [-0.05, 0) is 43.2 Å². The summed E-state index contributed by atoms with van der Waals surface area (Å²) in [7, 11) is -1.98. The molecule has 0 aliphatic carbocycles. The number of hydrogen-bond donors (Lipinski definition) is 2. The predicted molar refractivity (Wildman–Crippen MR) is 115 cm³/mol. The number of aromatic nitrogens is 2. The number of rotatable bonds is 10. The Kier molecular flexibility index (Phi) is 7.18. The highest BCUT2D eigenvalue weighted by molar-refractivity contribution is 7.89. The van der Waals surface area contributed by atoms with Crippen LogP contribution in [0.2, 0.25) is 0 Å². The minimum absolute atomic E-state index is 0.219. The van der Waals surface area contributed by atoms with Gasteiger partial charge in [-0.3, -0.25) is 0 Å². The monoisotopic (exact) mass is 432 g/mol. The van der Waals surface area contributed by atoms with Gasteiger partial charge in [0.25, 0.3) is 0 Å². The lowest BCUT2D eigenvalue weighted by atomic mass is 10.1. The van der Waals surface area contributed by atoms with E-state index in [4.69, 9.17) is 4.74 Å². The molecule has 3 rings (SSSR count). The Labute approximate surface area is 175 Å². The van der Waals surface area contributed by atoms with Crippen LogP contribution >= 0.6 is 11.5 Å². The van der Waals surface area contributed by atoms with Gasteiger partial charge >= 0.3 is 0 Å². The van der Waals surface area contributed by atoms with Gasteiger partial charge in [-0.15, -0.1) is 0 Å². The fourth-order valence-corrected chi connectivity index (χ4v) is 4.30. The maximum Gasteiger partial charge on any atom is 0.240 e. The fourth-order valence-electron chi connectivity index (χ4n) is 2.61. The standard InChI is InChI=1S/C20H24N4O3S2/c1-15-4-6-16(7-5-15)14-19-23-20(28-24-19)21-12-3-13-22-29(25,26)18-10-8-17(27-2)9-11-18/h4-11,22H,3,12-14H2,1-2H3,(H,21,23,24). The topological polar surface area (TPSA) is 93.2 Å². The number of methoxy groups -OCH3 is 1. The SMILES string of the molecule is COc1ccc(S(=O)(=O)NCCCNc2nc(Cc3ccc(C)cc3)ns2)cc1. The van der Waals surface area contributed by atoms with Gasteiger partial charge in [0.1, 0.15) is 11.6 Å². The molecule has 7 nitrogen and oxygen atoms in total. The number of nitrogens with one attached hydrogen (secondary N) is 2. The van der Waals surface area contributed by atoms with Crippen LogP contribution in [-0.2, 0) is 16.4 Å². The second-order valence-corrected chi connectivity index (χ2v) is 9.05. The Morgan fingerprint density at radius 1 is 1.03 bits per heavy atom. The maximum absolute atomic E-state index is 12.3. The van der Waals surface area contributed by atoms with E-state index in [9.17, 15) is 8.42 Å². The van der Waals surface area contributed by atoms with Crippen LogP contribution in [0.3, 0.4) is 0 Å². The number of anilines is 1. The highest BCUT2D eigenvalue weighted by Crippen LogP contribution is 2.16. The van der Waals surface area contributed by atoms with Crippen molar-refractivity contribution in [3.8, 4) is 5.75 Å². The highest BCUT2D eigenvalue weighted by atomic mass is 32.2. The second-order valence-electron chi connectivity index (χ2n) is 6.53. The zero-order valence-corrected chi connectivity index (χ0v) is 18.0. The lowest BCUT2D eigenvalue weighted by Crippen LogP contribution is -2.26. The maximum atomic E-state index is 12.3. The zero-order chi connectivity index (χ0) is 20.7. The van der Waals surface area contributed by atoms with Crippen molar-refractivity contribution in [2.45, 2.75) is 24.7 Å². The lowest BCUT2D eigenvalue weighted by Gasteiger charge is -2.07. The van der Waals surface area contributed by atoms with Gasteiger partial charge in [-0.2, -0.15) is 4.37 Å². The average molecular weight is 433 g/mol. The summed E-state index contributed by atoms with van der Waals surface area (Å²) in [5.74, 6) is 1.40. The number of benzene rings is 2. The van der Waals surface area contributed by atoms with Crippen molar-refractivity contribution in [3.63, 3.8) is 0 Å². The molecule has 0 unspecified atom stereocenters. The van der Waals surface area contributed by atoms with Crippen LogP contribution in [0.15, 0.2) is 53.4 Å². The van der Waals surface area contributed by atoms with Crippen LogP contribution in [0.1, 0.15) is 23.4 Å². The first-order valence-corrected chi connectivity index (χ1v) is 11.5. The molecule has 1 heterocycles. The minimum Gasteiger partial charge on any atom is -0.497 e. The summed E-state index contributed by atoms with van der Waals surface area (Å²) in [4.78, 5) is 4.70. The largest absolute Gasteiger partial charge is 0.497 e. The van der Waals surface area contributed by atoms with Crippen molar-refractivity contribution >= 4 is 26.7 Å². The molecule has 0 bridgehead atoms. The third kappa shape index (κ3) is 6.25. The van der Waals surface area contributed by atoms with Crippen molar-refractivity contribution in [1.82, 2.24) is 14.1 Å². The minimum atomic E-state index is -3.52. The van der Waals surface area contributed by atoms with Gasteiger partial charge in [-0.1, -0.05) is 29.8 Å². The normalized spacial score (nSPS) is 11.4. The van der Waals surface area contributed by atoms with E-state index < -0.39 is 10.0 Å². The molecule has 0 saturated carbocycles. The fraction of sp³-hybridized carbons (Fsp3) is 0.300. The molecule has 9 heteroatoms. The molecule has 0 atom stereocenters. The number of sulfonamides is 1. The van der Waals surface area contributed by atoms with Crippen molar-refractivity contribution in [2.75, 3.05) is 25.5 Å². The molecule has 0 aliphatic heterocycles. The Morgan fingerprint density at radius 3 is 2.45 bits per heavy atom. The number of aryl methyl sites for hydroxylation is 1. The average Bonchev–Trinajstić information content (AvgIpc) is 3.16. The quantitative estimate of drug-likeness (QED) is 0.478. The second kappa shape index (κ2) is 9.82. The van der Waals surface area contributed by atoms with E-state index in [0.717, 1.165) is 11.0 Å². The Hall–Kier alpha value is -2.49. The number of nitrogens with zero attached hydrogens (tertiary/aromatic N) is 2. The van der Waals surface area contributed by atoms with E-state index in [2.05, 4.69) is 50.6 Å². The van der Waals surface area contributed by atoms with E-state index in [1.54, 1.807) is 12.1 Å². The van der Waals surface area contributed by atoms with E-state index in [1.165, 1.54) is 41.9 Å². The molecule has 0 spiro atoms. The summed E-state index contributed by atoms with van der Waals surface area (Å²) < 4.78 is 36.6. The van der Waals surface area contributed by atoms with Gasteiger partial charge in [0, 0.05) is 31.0 Å². The van der Waals surface area contributed by atoms with Crippen LogP contribution in [-0.4, -0.2) is 38.0 Å². The molecule has 0 amide bonds. The van der Waals surface area contributed by atoms with Crippen molar-refractivity contribution < 1.29 is 13.2 Å². The van der Waals surface area contributed by atoms with Crippen molar-refractivity contribution in [3.05, 3.63) is 65.5 Å². The predicted octanol–water partition coefficient (Wildman–Crippen LogP) is 3.23. The van der Waals surface area contributed by atoms with Gasteiger partial charge < -0.3 is 10.1 Å². The third-order valence-electron chi connectivity index (χ3n) is 4.24. The van der Waals surface area contributed by atoms with Gasteiger partial charge in [0.05, 0.1) is 12.0 Å². The first-order valence-electron chi connectivity index (χ1n) is 9.22. The van der Waals surface area contributed by atoms with Gasteiger partial charge in [0.15, 0.2) is 0 Å². The van der Waals surface area contributed by atoms with Crippen LogP contribution in [0, 0.1) is 6.92 Å². The van der Waals surface area contributed by atoms with Crippen LogP contribution in [0.5, 0.6) is 5.75 Å². The van der Waals surface area contributed by atoms with Crippen LogP contribution in [0.25, 0.3) is 0 Å². The Balaban J connectivity index is 1.41. The van der Waals surface area contributed by atoms with Crippen LogP contribution < -0.4 is 14.8 Å². The van der Waals surface area contributed by atoms with E-state index in [1.807, 2.05) is 0 Å². The number of ether oxygens (including phenoxy) is 1. The summed E-state index contributed by atoms with van der Waals surface area (Å²) >= 11 is 1.31. The van der Waals surface area contributed by atoms with Crippen LogP contribution in [0.4, 0.5) is 5.13 Å². The Morgan fingerprint density at radius 2 is 1.76 bits per heavy atom. The molecule has 0 aliphatic rings. The molecular weight excluding hydrogens is 408 g/mol. The smallest absolute Gasteiger partial charge is 0.240 e. The molecule has 154 valence electrons. The molecule has 29 heavy (non-hydrogen) atoms. The summed E-state index contributed by atoms with van der Waals surface area (Å²) in [6.07, 6.45) is 1.32. The van der Waals surface area contributed by atoms with Crippen molar-refractivity contribution in [1.29, 1.82) is 0 Å². The summed E-state index contributed by atoms with van der Waals surface area (Å²) in [6, 6.07) is 14.6. The lowest BCUT2D eigenvalue weighted by molar-refractivity contribution is 0.414. The van der Waals surface area contributed by atoms with Gasteiger partial charge in [-0.25, -0.2) is 18.1 Å². The molecule has 1 aromatic heterocycles. The van der Waals surface area contributed by atoms with Gasteiger partial charge in [0.2, 0.25) is 15.2 Å². The first kappa shape index (κ1) is 21.2. The molecular formula is C20H24N4O3S2. The van der Waals surface area contributed by atoms with E-state index in [-0.39, 0.29) is 4.90 Å². The van der Waals surface area contributed by atoms with E-state index >= 15 is 0 Å². The third-order valence-corrected chi connectivity index (χ3v) is 6.43. The summed E-state index contributed by atoms with van der Waals surface area (Å²) in [5.41, 5.74) is 2.40. The molecule has 0 radical (unpaired) electrons. The molecule has 3 aromatic rings. The molecule has 2 aromatic carbocycles. The van der Waals surface area contributed by atoms with Crippen molar-refractivity contribution in [2.24, 2.45) is 0 Å². The first-order chi connectivity index (χ1) is 14.0. The molecule has 0 saturated heterocycles. The Bertz CT molecular complexity index is 1020. The molecule has 2 N–H and O–H groups in total. The summed E-state index contributed by atoms with van der Waals surface area (Å²) in [6.45, 7) is 2.99. The summed E-state index contributed by atoms with van der Waals surface area (Å²) in [5, 5.41) is 3.94. The zero-order valence-electron chi connectivity index (χ0n) is 16.4. The van der Waals surface area contributed by atoms with E-state index in [0.29, 0.717) is 31.7 Å².